The fourth-order valence-corrected chi connectivity index (χ4v) is 3.53. The summed E-state index contributed by atoms with van der Waals surface area (Å²) in [6, 6.07) is 18.8. The normalized spacial score (nSPS) is 10.9. The van der Waals surface area contributed by atoms with Crippen LogP contribution < -0.4 is 23.7 Å². The van der Waals surface area contributed by atoms with Gasteiger partial charge in [-0.15, -0.1) is 0 Å². The van der Waals surface area contributed by atoms with E-state index in [0.29, 0.717) is 51.3 Å². The van der Waals surface area contributed by atoms with E-state index in [1.54, 1.807) is 50.6 Å². The highest BCUT2D eigenvalue weighted by molar-refractivity contribution is 6.32. The topological polar surface area (TPSA) is 69.9 Å². The Morgan fingerprint density at radius 3 is 2.18 bits per heavy atom. The minimum atomic E-state index is 0.286. The van der Waals surface area contributed by atoms with Gasteiger partial charge < -0.3 is 23.7 Å². The van der Waals surface area contributed by atoms with Gasteiger partial charge in [-0.1, -0.05) is 29.3 Å². The quantitative estimate of drug-likeness (QED) is 0.196. The summed E-state index contributed by atoms with van der Waals surface area (Å²) >= 11 is 6.49. The maximum absolute atomic E-state index is 9.74. The van der Waals surface area contributed by atoms with Crippen LogP contribution in [0.4, 0.5) is 0 Å². The second-order valence-electron chi connectivity index (χ2n) is 7.28. The van der Waals surface area contributed by atoms with Gasteiger partial charge >= 0.3 is 0 Å². The first kappa shape index (κ1) is 24.8. The van der Waals surface area contributed by atoms with Gasteiger partial charge in [0.1, 0.15) is 19.0 Å². The van der Waals surface area contributed by atoms with Gasteiger partial charge in [0, 0.05) is 0 Å². The fraction of sp³-hybridized carbons (Fsp3) is 0.222. The van der Waals surface area contributed by atoms with Gasteiger partial charge in [-0.2, -0.15) is 5.26 Å². The minimum absolute atomic E-state index is 0.286. The minimum Gasteiger partial charge on any atom is -0.493 e. The lowest BCUT2D eigenvalue weighted by Gasteiger charge is -2.14. The van der Waals surface area contributed by atoms with Crippen molar-refractivity contribution in [3.8, 4) is 34.8 Å². The smallest absolute Gasteiger partial charge is 0.179 e. The monoisotopic (exact) mass is 479 g/mol. The summed E-state index contributed by atoms with van der Waals surface area (Å²) < 4.78 is 27.6. The molecule has 3 rings (SSSR count). The second-order valence-corrected chi connectivity index (χ2v) is 7.69. The number of nitriles is 1. The number of hydrogen-bond donors (Lipinski definition) is 0. The molecule has 0 heterocycles. The zero-order valence-corrected chi connectivity index (χ0v) is 20.3. The molecule has 0 N–H and O–H groups in total. The van der Waals surface area contributed by atoms with Gasteiger partial charge in [0.05, 0.1) is 38.0 Å². The molecule has 6 nitrogen and oxygen atoms in total. The van der Waals surface area contributed by atoms with Crippen molar-refractivity contribution in [3.63, 3.8) is 0 Å². The Morgan fingerprint density at radius 2 is 1.53 bits per heavy atom. The third-order valence-corrected chi connectivity index (χ3v) is 5.28. The number of ether oxygens (including phenoxy) is 5. The summed E-state index contributed by atoms with van der Waals surface area (Å²) in [7, 11) is 4.64. The molecule has 0 saturated carbocycles. The summed E-state index contributed by atoms with van der Waals surface area (Å²) in [6.07, 6.45) is 1.72. The molecule has 0 aromatic heterocycles. The van der Waals surface area contributed by atoms with Crippen LogP contribution >= 0.6 is 11.6 Å². The average molecular weight is 480 g/mol. The van der Waals surface area contributed by atoms with Crippen molar-refractivity contribution in [1.82, 2.24) is 0 Å². The Balaban J connectivity index is 1.77. The first-order chi connectivity index (χ1) is 16.5. The predicted octanol–water partition coefficient (Wildman–Crippen LogP) is 6.20. The number of aryl methyl sites for hydroxylation is 1. The first-order valence-electron chi connectivity index (χ1n) is 10.5. The van der Waals surface area contributed by atoms with E-state index in [4.69, 9.17) is 35.3 Å². The summed E-state index contributed by atoms with van der Waals surface area (Å²) in [6.45, 7) is 2.66. The van der Waals surface area contributed by atoms with Crippen molar-refractivity contribution in [1.29, 1.82) is 5.26 Å². The zero-order chi connectivity index (χ0) is 24.5. The predicted molar refractivity (Wildman–Crippen MR) is 133 cm³/mol. The van der Waals surface area contributed by atoms with Crippen LogP contribution in [0.2, 0.25) is 5.02 Å². The van der Waals surface area contributed by atoms with Crippen LogP contribution in [0.25, 0.3) is 11.6 Å². The molecule has 0 aliphatic carbocycles. The van der Waals surface area contributed by atoms with Crippen molar-refractivity contribution < 1.29 is 23.7 Å². The van der Waals surface area contributed by atoms with Gasteiger partial charge in [0.25, 0.3) is 0 Å². The van der Waals surface area contributed by atoms with Gasteiger partial charge in [-0.25, -0.2) is 0 Å². The molecule has 34 heavy (non-hydrogen) atoms. The lowest BCUT2D eigenvalue weighted by molar-refractivity contribution is 0.211. The SMILES string of the molecule is COc1ccc(/C(C#N)=C/c2cc(Cl)c(OCCOc3ccc(C)cc3)c(OC)c2)cc1OC. The molecule has 0 atom stereocenters. The largest absolute Gasteiger partial charge is 0.493 e. The molecule has 0 amide bonds. The van der Waals surface area contributed by atoms with Crippen LogP contribution in [0.5, 0.6) is 28.7 Å². The zero-order valence-electron chi connectivity index (χ0n) is 19.6. The lowest BCUT2D eigenvalue weighted by Crippen LogP contribution is -2.10. The van der Waals surface area contributed by atoms with Crippen LogP contribution in [0.15, 0.2) is 54.6 Å². The van der Waals surface area contributed by atoms with Gasteiger partial charge in [-0.3, -0.25) is 0 Å². The fourth-order valence-electron chi connectivity index (χ4n) is 3.25. The van der Waals surface area contributed by atoms with Crippen LogP contribution in [-0.4, -0.2) is 34.5 Å². The number of nitrogens with zero attached hydrogens (tertiary/aromatic N) is 1. The Bertz CT molecular complexity index is 1200. The molecule has 0 aliphatic rings. The Kier molecular flexibility index (Phi) is 8.66. The standard InChI is InChI=1S/C27H26ClNO5/c1-18-5-8-22(9-6-18)33-11-12-34-27-23(28)14-19(15-26(27)32-4)13-21(17-29)20-7-10-24(30-2)25(16-20)31-3/h5-10,13-16H,11-12H2,1-4H3/b21-13+. The van der Waals surface area contributed by atoms with E-state index >= 15 is 0 Å². The molecule has 0 unspecified atom stereocenters. The van der Waals surface area contributed by atoms with E-state index in [1.807, 2.05) is 31.2 Å². The van der Waals surface area contributed by atoms with Crippen LogP contribution in [0.1, 0.15) is 16.7 Å². The molecule has 0 bridgehead atoms. The van der Waals surface area contributed by atoms with Gasteiger partial charge in [-0.05, 0) is 66.6 Å². The molecule has 3 aromatic carbocycles. The molecule has 0 fully saturated rings. The van der Waals surface area contributed by atoms with Gasteiger partial charge in [0.15, 0.2) is 23.0 Å². The summed E-state index contributed by atoms with van der Waals surface area (Å²) in [5.74, 6) is 2.76. The highest BCUT2D eigenvalue weighted by Crippen LogP contribution is 2.38. The number of benzene rings is 3. The van der Waals surface area contributed by atoms with E-state index in [2.05, 4.69) is 6.07 Å². The summed E-state index contributed by atoms with van der Waals surface area (Å²) in [5.41, 5.74) is 2.97. The van der Waals surface area contributed by atoms with E-state index in [9.17, 15) is 5.26 Å². The molecular weight excluding hydrogens is 454 g/mol. The number of allylic oxidation sites excluding steroid dienone is 1. The Labute approximate surface area is 204 Å². The number of methoxy groups -OCH3 is 3. The van der Waals surface area contributed by atoms with E-state index in [-0.39, 0.29) is 6.61 Å². The molecule has 7 heteroatoms. The average Bonchev–Trinajstić information content (AvgIpc) is 2.86. The molecule has 3 aromatic rings. The lowest BCUT2D eigenvalue weighted by atomic mass is 10.0. The van der Waals surface area contributed by atoms with Crippen molar-refractivity contribution in [2.45, 2.75) is 6.92 Å². The molecular formula is C27H26ClNO5. The van der Waals surface area contributed by atoms with Crippen molar-refractivity contribution >= 4 is 23.3 Å². The molecule has 0 saturated heterocycles. The maximum Gasteiger partial charge on any atom is 0.179 e. The van der Waals surface area contributed by atoms with E-state index in [0.717, 1.165) is 5.75 Å². The summed E-state index contributed by atoms with van der Waals surface area (Å²) in [4.78, 5) is 0. The number of rotatable bonds is 10. The number of hydrogen-bond acceptors (Lipinski definition) is 6. The molecule has 176 valence electrons. The number of halogens is 1. The highest BCUT2D eigenvalue weighted by Gasteiger charge is 2.13. The van der Waals surface area contributed by atoms with Gasteiger partial charge in [0.2, 0.25) is 0 Å². The second kappa shape index (κ2) is 11.9. The first-order valence-corrected chi connectivity index (χ1v) is 10.9. The van der Waals surface area contributed by atoms with Crippen LogP contribution in [0.3, 0.4) is 0 Å². The van der Waals surface area contributed by atoms with Crippen LogP contribution in [-0.2, 0) is 0 Å². The van der Waals surface area contributed by atoms with E-state index < -0.39 is 0 Å². The third kappa shape index (κ3) is 6.15. The van der Waals surface area contributed by atoms with E-state index in [1.165, 1.54) is 12.7 Å². The Morgan fingerprint density at radius 1 is 0.853 bits per heavy atom. The summed E-state index contributed by atoms with van der Waals surface area (Å²) in [5, 5.41) is 10.1. The van der Waals surface area contributed by atoms with Crippen molar-refractivity contribution in [2.24, 2.45) is 0 Å². The van der Waals surface area contributed by atoms with Crippen molar-refractivity contribution in [3.05, 3.63) is 76.3 Å². The van der Waals surface area contributed by atoms with Crippen molar-refractivity contribution in [2.75, 3.05) is 34.5 Å². The highest BCUT2D eigenvalue weighted by atomic mass is 35.5. The third-order valence-electron chi connectivity index (χ3n) is 5.00. The molecule has 0 radical (unpaired) electrons. The molecule has 0 aliphatic heterocycles. The maximum atomic E-state index is 9.74. The van der Waals surface area contributed by atoms with Crippen LogP contribution in [0, 0.1) is 18.3 Å². The Hall–Kier alpha value is -3.82. The molecule has 0 spiro atoms.